The molecule has 3 rings (SSSR count). The zero-order valence-corrected chi connectivity index (χ0v) is 14.2. The van der Waals surface area contributed by atoms with Crippen LogP contribution in [0, 0.1) is 11.3 Å². The first-order valence-electron chi connectivity index (χ1n) is 8.25. The van der Waals surface area contributed by atoms with Crippen molar-refractivity contribution in [3.63, 3.8) is 0 Å². The summed E-state index contributed by atoms with van der Waals surface area (Å²) in [6, 6.07) is 0.556. The minimum absolute atomic E-state index is 0.303. The molecule has 0 spiro atoms. The third kappa shape index (κ3) is 3.02. The Morgan fingerprint density at radius 2 is 2.10 bits per heavy atom. The van der Waals surface area contributed by atoms with Crippen LogP contribution in [0.2, 0.25) is 0 Å². The van der Waals surface area contributed by atoms with Gasteiger partial charge in [0.1, 0.15) is 0 Å². The smallest absolute Gasteiger partial charge is 0.0534 e. The monoisotopic (exact) mass is 290 g/mol. The fraction of sp³-hybridized carbons (Fsp3) is 0.824. The molecule has 1 aromatic rings. The molecule has 21 heavy (non-hydrogen) atoms. The van der Waals surface area contributed by atoms with E-state index in [9.17, 15) is 0 Å². The fourth-order valence-electron chi connectivity index (χ4n) is 3.64. The maximum atomic E-state index is 4.33. The SMILES string of the molecule is Cn1cc(CN2CC(C(C)(C)C)NCC2(C)C2CC2)cn1. The molecule has 0 bridgehead atoms. The summed E-state index contributed by atoms with van der Waals surface area (Å²) < 4.78 is 1.91. The number of nitrogens with zero attached hydrogens (tertiary/aromatic N) is 3. The second-order valence-corrected chi connectivity index (χ2v) is 8.33. The summed E-state index contributed by atoms with van der Waals surface area (Å²) in [5.74, 6) is 0.864. The largest absolute Gasteiger partial charge is 0.310 e. The van der Waals surface area contributed by atoms with Gasteiger partial charge in [0.2, 0.25) is 0 Å². The highest BCUT2D eigenvalue weighted by atomic mass is 15.3. The van der Waals surface area contributed by atoms with Gasteiger partial charge >= 0.3 is 0 Å². The molecule has 2 fully saturated rings. The van der Waals surface area contributed by atoms with Crippen molar-refractivity contribution in [1.82, 2.24) is 20.0 Å². The normalized spacial score (nSPS) is 31.6. The molecule has 1 aliphatic carbocycles. The zero-order chi connectivity index (χ0) is 15.3. The van der Waals surface area contributed by atoms with Crippen LogP contribution in [0.1, 0.15) is 46.1 Å². The molecule has 2 unspecified atom stereocenters. The maximum absolute atomic E-state index is 4.33. The van der Waals surface area contributed by atoms with E-state index in [-0.39, 0.29) is 0 Å². The molecule has 118 valence electrons. The van der Waals surface area contributed by atoms with Gasteiger partial charge in [-0.05, 0) is 31.1 Å². The van der Waals surface area contributed by atoms with E-state index in [1.54, 1.807) is 0 Å². The van der Waals surface area contributed by atoms with Gasteiger partial charge in [-0.25, -0.2) is 0 Å². The van der Waals surface area contributed by atoms with Crippen molar-refractivity contribution in [1.29, 1.82) is 0 Å². The van der Waals surface area contributed by atoms with Gasteiger partial charge in [0.25, 0.3) is 0 Å². The summed E-state index contributed by atoms with van der Waals surface area (Å²) in [7, 11) is 2.00. The van der Waals surface area contributed by atoms with Gasteiger partial charge in [-0.1, -0.05) is 20.8 Å². The topological polar surface area (TPSA) is 33.1 Å². The molecule has 0 aromatic carbocycles. The lowest BCUT2D eigenvalue weighted by Crippen LogP contribution is -2.66. The van der Waals surface area contributed by atoms with E-state index >= 15 is 0 Å². The molecule has 4 nitrogen and oxygen atoms in total. The predicted octanol–water partition coefficient (Wildman–Crippen LogP) is 2.41. The zero-order valence-electron chi connectivity index (χ0n) is 14.2. The van der Waals surface area contributed by atoms with Crippen LogP contribution in [0.3, 0.4) is 0 Å². The highest BCUT2D eigenvalue weighted by Gasteiger charge is 2.49. The van der Waals surface area contributed by atoms with E-state index in [1.807, 2.05) is 17.9 Å². The third-order valence-corrected chi connectivity index (χ3v) is 5.47. The molecular weight excluding hydrogens is 260 g/mol. The molecule has 0 radical (unpaired) electrons. The Hall–Kier alpha value is -0.870. The van der Waals surface area contributed by atoms with E-state index < -0.39 is 0 Å². The Balaban J connectivity index is 1.79. The van der Waals surface area contributed by atoms with Crippen LogP contribution in [0.4, 0.5) is 0 Å². The first-order chi connectivity index (χ1) is 9.79. The van der Waals surface area contributed by atoms with E-state index in [1.165, 1.54) is 18.4 Å². The number of hydrogen-bond donors (Lipinski definition) is 1. The van der Waals surface area contributed by atoms with Crippen LogP contribution >= 0.6 is 0 Å². The number of aryl methyl sites for hydroxylation is 1. The second kappa shape index (κ2) is 5.10. The van der Waals surface area contributed by atoms with Gasteiger partial charge in [0.05, 0.1) is 6.20 Å². The molecule has 2 heterocycles. The minimum Gasteiger partial charge on any atom is -0.310 e. The average molecular weight is 290 g/mol. The van der Waals surface area contributed by atoms with Gasteiger partial charge in [-0.15, -0.1) is 0 Å². The van der Waals surface area contributed by atoms with Gasteiger partial charge in [-0.2, -0.15) is 5.10 Å². The van der Waals surface area contributed by atoms with Crippen LogP contribution in [0.5, 0.6) is 0 Å². The van der Waals surface area contributed by atoms with Crippen molar-refractivity contribution in [2.24, 2.45) is 18.4 Å². The summed E-state index contributed by atoms with van der Waals surface area (Å²) in [5.41, 5.74) is 1.94. The molecule has 1 aromatic heterocycles. The lowest BCUT2D eigenvalue weighted by atomic mass is 9.81. The molecule has 2 atom stereocenters. The highest BCUT2D eigenvalue weighted by Crippen LogP contribution is 2.45. The van der Waals surface area contributed by atoms with Crippen LogP contribution in [-0.4, -0.2) is 39.4 Å². The van der Waals surface area contributed by atoms with Gasteiger partial charge in [-0.3, -0.25) is 9.58 Å². The van der Waals surface area contributed by atoms with Gasteiger partial charge in [0, 0.05) is 50.0 Å². The summed E-state index contributed by atoms with van der Waals surface area (Å²) in [5, 5.41) is 8.16. The first kappa shape index (κ1) is 15.0. The summed E-state index contributed by atoms with van der Waals surface area (Å²) in [4.78, 5) is 2.72. The number of hydrogen-bond acceptors (Lipinski definition) is 3. The highest BCUT2D eigenvalue weighted by molar-refractivity contribution is 5.11. The first-order valence-corrected chi connectivity index (χ1v) is 8.25. The number of nitrogens with one attached hydrogen (secondary N) is 1. The summed E-state index contributed by atoms with van der Waals surface area (Å²) in [6.07, 6.45) is 6.95. The quantitative estimate of drug-likeness (QED) is 0.928. The predicted molar refractivity (Wildman–Crippen MR) is 86.0 cm³/mol. The second-order valence-electron chi connectivity index (χ2n) is 8.33. The fourth-order valence-corrected chi connectivity index (χ4v) is 3.64. The Morgan fingerprint density at radius 1 is 1.38 bits per heavy atom. The Labute approximate surface area is 128 Å². The van der Waals surface area contributed by atoms with E-state index in [0.717, 1.165) is 25.6 Å². The maximum Gasteiger partial charge on any atom is 0.0534 e. The summed E-state index contributed by atoms with van der Waals surface area (Å²) >= 11 is 0. The van der Waals surface area contributed by atoms with Gasteiger partial charge < -0.3 is 5.32 Å². The molecule has 1 saturated heterocycles. The van der Waals surface area contributed by atoms with E-state index in [0.29, 0.717) is 17.0 Å². The number of rotatable bonds is 3. The molecular formula is C17H30N4. The van der Waals surface area contributed by atoms with Crippen LogP contribution in [0.15, 0.2) is 12.4 Å². The Kier molecular flexibility index (Phi) is 3.65. The standard InChI is InChI=1S/C17H30N4/c1-16(2,3)15-11-21(10-13-8-19-20(5)9-13)17(4,12-18-15)14-6-7-14/h8-9,14-15,18H,6-7,10-12H2,1-5H3. The molecule has 0 amide bonds. The lowest BCUT2D eigenvalue weighted by Gasteiger charge is -2.51. The molecule has 1 N–H and O–H groups in total. The number of aromatic nitrogens is 2. The molecule has 1 saturated carbocycles. The van der Waals surface area contributed by atoms with E-state index in [4.69, 9.17) is 0 Å². The van der Waals surface area contributed by atoms with Crippen molar-refractivity contribution in [2.45, 2.75) is 58.7 Å². The Morgan fingerprint density at radius 3 is 2.62 bits per heavy atom. The molecule has 1 aliphatic heterocycles. The van der Waals surface area contributed by atoms with Crippen molar-refractivity contribution in [2.75, 3.05) is 13.1 Å². The number of piperazine rings is 1. The molecule has 2 aliphatic rings. The lowest BCUT2D eigenvalue weighted by molar-refractivity contribution is 0.00417. The average Bonchev–Trinajstić information content (AvgIpc) is 3.16. The Bertz CT molecular complexity index is 497. The van der Waals surface area contributed by atoms with Crippen LogP contribution in [0.25, 0.3) is 0 Å². The van der Waals surface area contributed by atoms with Crippen LogP contribution in [-0.2, 0) is 13.6 Å². The third-order valence-electron chi connectivity index (χ3n) is 5.47. The van der Waals surface area contributed by atoms with Crippen molar-refractivity contribution in [3.05, 3.63) is 18.0 Å². The minimum atomic E-state index is 0.303. The molecule has 4 heteroatoms. The van der Waals surface area contributed by atoms with E-state index in [2.05, 4.69) is 49.2 Å². The summed E-state index contributed by atoms with van der Waals surface area (Å²) in [6.45, 7) is 12.7. The van der Waals surface area contributed by atoms with Crippen molar-refractivity contribution in [3.8, 4) is 0 Å². The van der Waals surface area contributed by atoms with Crippen molar-refractivity contribution >= 4 is 0 Å². The van der Waals surface area contributed by atoms with Crippen molar-refractivity contribution < 1.29 is 0 Å². The van der Waals surface area contributed by atoms with Crippen LogP contribution < -0.4 is 5.32 Å². The van der Waals surface area contributed by atoms with Gasteiger partial charge in [0.15, 0.2) is 0 Å².